The monoisotopic (exact) mass is 201 g/mol. The van der Waals surface area contributed by atoms with E-state index in [0.717, 1.165) is 0 Å². The zero-order valence-electron chi connectivity index (χ0n) is 7.96. The van der Waals surface area contributed by atoms with E-state index < -0.39 is 11.6 Å². The third-order valence-corrected chi connectivity index (χ3v) is 3.03. The maximum Gasteiger partial charge on any atom is 0.343 e. The number of nitrogens with zero attached hydrogens (tertiary/aromatic N) is 1. The summed E-state index contributed by atoms with van der Waals surface area (Å²) in [5, 5.41) is 0. The zero-order valence-corrected chi connectivity index (χ0v) is 7.96. The van der Waals surface area contributed by atoms with Crippen molar-refractivity contribution < 1.29 is 18.7 Å². The summed E-state index contributed by atoms with van der Waals surface area (Å²) in [6.07, 6.45) is 0.510. The summed E-state index contributed by atoms with van der Waals surface area (Å²) < 4.78 is 18.3. The Morgan fingerprint density at radius 2 is 2.43 bits per heavy atom. The number of amides is 1. The molecule has 0 spiro atoms. The fourth-order valence-corrected chi connectivity index (χ4v) is 2.15. The van der Waals surface area contributed by atoms with E-state index in [4.69, 9.17) is 0 Å². The van der Waals surface area contributed by atoms with Gasteiger partial charge in [-0.3, -0.25) is 4.79 Å². The topological polar surface area (TPSA) is 46.6 Å². The highest BCUT2D eigenvalue weighted by Crippen LogP contribution is 2.37. The first-order chi connectivity index (χ1) is 6.57. The van der Waals surface area contributed by atoms with Gasteiger partial charge in [0, 0.05) is 31.8 Å². The zero-order chi connectivity index (χ0) is 10.3. The number of hydrogen-bond donors (Lipinski definition) is 0. The number of methoxy groups -OCH3 is 1. The predicted octanol–water partition coefficient (Wildman–Crippen LogP) is 0.262. The fraction of sp³-hybridized carbons (Fsp3) is 0.778. The summed E-state index contributed by atoms with van der Waals surface area (Å²) in [7, 11) is 1.18. The van der Waals surface area contributed by atoms with E-state index >= 15 is 0 Å². The van der Waals surface area contributed by atoms with Crippen LogP contribution in [0.4, 0.5) is 4.39 Å². The number of piperidine rings is 1. The SMILES string of the molecule is COC(=O)C1(F)CCN2C(=O)CC2C1. The quantitative estimate of drug-likeness (QED) is 0.451. The molecule has 0 aromatic carbocycles. The molecule has 0 aromatic heterocycles. The van der Waals surface area contributed by atoms with Crippen molar-refractivity contribution >= 4 is 11.9 Å². The molecule has 2 aliphatic rings. The van der Waals surface area contributed by atoms with Crippen molar-refractivity contribution in [3.05, 3.63) is 0 Å². The van der Waals surface area contributed by atoms with Gasteiger partial charge >= 0.3 is 5.97 Å². The Morgan fingerprint density at radius 3 is 2.93 bits per heavy atom. The van der Waals surface area contributed by atoms with E-state index in [9.17, 15) is 14.0 Å². The second-order valence-electron chi connectivity index (χ2n) is 3.86. The van der Waals surface area contributed by atoms with Crippen LogP contribution in [-0.2, 0) is 14.3 Å². The Kier molecular flexibility index (Phi) is 1.97. The van der Waals surface area contributed by atoms with Crippen LogP contribution in [-0.4, -0.2) is 42.1 Å². The van der Waals surface area contributed by atoms with Gasteiger partial charge in [0.1, 0.15) is 0 Å². The van der Waals surface area contributed by atoms with Gasteiger partial charge in [-0.1, -0.05) is 0 Å². The highest BCUT2D eigenvalue weighted by atomic mass is 19.1. The predicted molar refractivity (Wildman–Crippen MR) is 45.2 cm³/mol. The lowest BCUT2D eigenvalue weighted by Gasteiger charge is -2.47. The molecule has 0 aliphatic carbocycles. The smallest absolute Gasteiger partial charge is 0.343 e. The minimum absolute atomic E-state index is 0.0573. The fourth-order valence-electron chi connectivity index (χ4n) is 2.15. The number of esters is 1. The van der Waals surface area contributed by atoms with E-state index in [0.29, 0.717) is 13.0 Å². The molecule has 2 fully saturated rings. The van der Waals surface area contributed by atoms with Crippen LogP contribution in [0.2, 0.25) is 0 Å². The van der Waals surface area contributed by atoms with Gasteiger partial charge in [0.05, 0.1) is 7.11 Å². The molecule has 0 radical (unpaired) electrons. The van der Waals surface area contributed by atoms with E-state index in [2.05, 4.69) is 4.74 Å². The summed E-state index contributed by atoms with van der Waals surface area (Å²) in [5.74, 6) is -0.751. The average molecular weight is 201 g/mol. The molecule has 2 atom stereocenters. The van der Waals surface area contributed by atoms with Crippen molar-refractivity contribution in [2.75, 3.05) is 13.7 Å². The molecule has 2 saturated heterocycles. The van der Waals surface area contributed by atoms with Crippen molar-refractivity contribution in [3.63, 3.8) is 0 Å². The normalized spacial score (nSPS) is 36.0. The first-order valence-electron chi connectivity index (χ1n) is 4.63. The summed E-state index contributed by atoms with van der Waals surface area (Å²) in [6.45, 7) is 0.328. The second-order valence-corrected chi connectivity index (χ2v) is 3.86. The number of fused-ring (bicyclic) bond motifs is 1. The van der Waals surface area contributed by atoms with E-state index in [1.165, 1.54) is 7.11 Å². The Labute approximate surface area is 81.0 Å². The minimum Gasteiger partial charge on any atom is -0.467 e. The number of hydrogen-bond acceptors (Lipinski definition) is 3. The summed E-state index contributed by atoms with van der Waals surface area (Å²) >= 11 is 0. The molecule has 0 bridgehead atoms. The third-order valence-electron chi connectivity index (χ3n) is 3.03. The molecule has 2 aliphatic heterocycles. The van der Waals surface area contributed by atoms with Gasteiger partial charge in [-0.25, -0.2) is 9.18 Å². The molecule has 0 saturated carbocycles. The number of ether oxygens (including phenoxy) is 1. The summed E-state index contributed by atoms with van der Waals surface area (Å²) in [4.78, 5) is 23.8. The van der Waals surface area contributed by atoms with Crippen LogP contribution in [0.25, 0.3) is 0 Å². The molecule has 78 valence electrons. The molecule has 2 heterocycles. The van der Waals surface area contributed by atoms with E-state index in [1.807, 2.05) is 0 Å². The number of halogens is 1. The number of alkyl halides is 1. The maximum atomic E-state index is 13.9. The maximum absolute atomic E-state index is 13.9. The lowest BCUT2D eigenvalue weighted by Crippen LogP contribution is -2.61. The van der Waals surface area contributed by atoms with Gasteiger partial charge in [0.15, 0.2) is 0 Å². The van der Waals surface area contributed by atoms with Crippen molar-refractivity contribution in [1.29, 1.82) is 0 Å². The molecular weight excluding hydrogens is 189 g/mol. The van der Waals surface area contributed by atoms with Crippen LogP contribution in [0, 0.1) is 0 Å². The Hall–Kier alpha value is -1.13. The Bertz CT molecular complexity index is 294. The first kappa shape index (κ1) is 9.43. The van der Waals surface area contributed by atoms with Gasteiger partial charge in [-0.2, -0.15) is 0 Å². The van der Waals surface area contributed by atoms with Crippen LogP contribution >= 0.6 is 0 Å². The lowest BCUT2D eigenvalue weighted by atomic mass is 9.82. The van der Waals surface area contributed by atoms with Crippen molar-refractivity contribution in [3.8, 4) is 0 Å². The number of carbonyl (C=O) groups is 2. The van der Waals surface area contributed by atoms with Crippen LogP contribution in [0.3, 0.4) is 0 Å². The van der Waals surface area contributed by atoms with Crippen molar-refractivity contribution in [1.82, 2.24) is 4.90 Å². The Morgan fingerprint density at radius 1 is 1.71 bits per heavy atom. The van der Waals surface area contributed by atoms with Gasteiger partial charge in [-0.05, 0) is 0 Å². The molecule has 0 N–H and O–H groups in total. The standard InChI is InChI=1S/C9H12FNO3/c1-14-8(13)9(10)2-3-11-6(5-9)4-7(11)12/h6H,2-5H2,1H3. The van der Waals surface area contributed by atoms with Gasteiger partial charge < -0.3 is 9.64 Å². The van der Waals surface area contributed by atoms with Crippen molar-refractivity contribution in [2.24, 2.45) is 0 Å². The summed E-state index contributed by atoms with van der Waals surface area (Å²) in [5.41, 5.74) is -1.88. The van der Waals surface area contributed by atoms with E-state index in [-0.39, 0.29) is 24.8 Å². The van der Waals surface area contributed by atoms with Crippen LogP contribution in [0.1, 0.15) is 19.3 Å². The number of rotatable bonds is 1. The molecule has 4 nitrogen and oxygen atoms in total. The van der Waals surface area contributed by atoms with Gasteiger partial charge in [-0.15, -0.1) is 0 Å². The number of β-lactam (4-membered cyclic amide) rings is 1. The van der Waals surface area contributed by atoms with Gasteiger partial charge in [0.2, 0.25) is 11.6 Å². The first-order valence-corrected chi connectivity index (χ1v) is 4.63. The largest absolute Gasteiger partial charge is 0.467 e. The highest BCUT2D eigenvalue weighted by Gasteiger charge is 2.52. The van der Waals surface area contributed by atoms with E-state index in [1.54, 1.807) is 4.90 Å². The highest BCUT2D eigenvalue weighted by molar-refractivity contribution is 5.85. The molecular formula is C9H12FNO3. The molecule has 5 heteroatoms. The van der Waals surface area contributed by atoms with Crippen LogP contribution in [0.15, 0.2) is 0 Å². The van der Waals surface area contributed by atoms with Crippen molar-refractivity contribution in [2.45, 2.75) is 31.0 Å². The Balaban J connectivity index is 2.05. The van der Waals surface area contributed by atoms with Crippen LogP contribution < -0.4 is 0 Å². The second kappa shape index (κ2) is 2.93. The van der Waals surface area contributed by atoms with Crippen LogP contribution in [0.5, 0.6) is 0 Å². The average Bonchev–Trinajstić information content (AvgIpc) is 2.15. The molecule has 1 amide bonds. The molecule has 14 heavy (non-hydrogen) atoms. The molecule has 0 aromatic rings. The molecule has 2 rings (SSSR count). The lowest BCUT2D eigenvalue weighted by molar-refractivity contribution is -0.169. The van der Waals surface area contributed by atoms with Gasteiger partial charge in [0.25, 0.3) is 0 Å². The molecule has 2 unspecified atom stereocenters. The summed E-state index contributed by atoms with van der Waals surface area (Å²) in [6, 6.07) is -0.0969. The number of carbonyl (C=O) groups excluding carboxylic acids is 2. The minimum atomic E-state index is -1.88. The third kappa shape index (κ3) is 1.19.